The van der Waals surface area contributed by atoms with E-state index in [9.17, 15) is 0 Å². The average Bonchev–Trinajstić information content (AvgIpc) is 2.53. The van der Waals surface area contributed by atoms with Crippen molar-refractivity contribution in [2.45, 2.75) is 38.8 Å². The van der Waals surface area contributed by atoms with Crippen LogP contribution in [0.3, 0.4) is 0 Å². The van der Waals surface area contributed by atoms with Crippen molar-refractivity contribution in [1.29, 1.82) is 0 Å². The molecule has 110 valence electrons. The molecule has 0 saturated heterocycles. The molecule has 0 aliphatic heterocycles. The van der Waals surface area contributed by atoms with Crippen LogP contribution in [0.4, 0.5) is 0 Å². The third kappa shape index (κ3) is 3.27. The van der Waals surface area contributed by atoms with Crippen molar-refractivity contribution in [3.63, 3.8) is 0 Å². The molecule has 0 saturated carbocycles. The highest BCUT2D eigenvalue weighted by atomic mass is 16.5. The molecule has 2 aromatic rings. The summed E-state index contributed by atoms with van der Waals surface area (Å²) in [4.78, 5) is 0. The van der Waals surface area contributed by atoms with Crippen LogP contribution < -0.4 is 10.1 Å². The average molecular weight is 281 g/mol. The van der Waals surface area contributed by atoms with E-state index in [2.05, 4.69) is 54.7 Å². The molecule has 0 heterocycles. The molecule has 1 N–H and O–H groups in total. The Labute approximate surface area is 127 Å². The van der Waals surface area contributed by atoms with Gasteiger partial charge in [0.15, 0.2) is 0 Å². The Bertz CT molecular complexity index is 621. The van der Waals surface area contributed by atoms with Gasteiger partial charge in [0.1, 0.15) is 5.75 Å². The first-order valence-corrected chi connectivity index (χ1v) is 7.70. The number of hydrogen-bond acceptors (Lipinski definition) is 2. The lowest BCUT2D eigenvalue weighted by molar-refractivity contribution is 0.401. The summed E-state index contributed by atoms with van der Waals surface area (Å²) in [6.45, 7) is 3.00. The predicted octanol–water partition coefficient (Wildman–Crippen LogP) is 3.65. The highest BCUT2D eigenvalue weighted by molar-refractivity contribution is 5.37. The van der Waals surface area contributed by atoms with E-state index < -0.39 is 0 Å². The van der Waals surface area contributed by atoms with Crippen LogP contribution in [0.15, 0.2) is 42.5 Å². The zero-order valence-electron chi connectivity index (χ0n) is 12.9. The normalized spacial score (nSPS) is 17.3. The number of fused-ring (bicyclic) bond motifs is 1. The number of nitrogens with one attached hydrogen (secondary N) is 1. The highest BCUT2D eigenvalue weighted by Crippen LogP contribution is 2.23. The van der Waals surface area contributed by atoms with E-state index in [-0.39, 0.29) is 0 Å². The fourth-order valence-electron chi connectivity index (χ4n) is 3.17. The number of aryl methyl sites for hydroxylation is 2. The first-order chi connectivity index (χ1) is 10.3. The van der Waals surface area contributed by atoms with Gasteiger partial charge >= 0.3 is 0 Å². The summed E-state index contributed by atoms with van der Waals surface area (Å²) in [6, 6.07) is 15.7. The lowest BCUT2D eigenvalue weighted by atomic mass is 9.88. The summed E-state index contributed by atoms with van der Waals surface area (Å²) in [7, 11) is 1.74. The molecule has 21 heavy (non-hydrogen) atoms. The van der Waals surface area contributed by atoms with Crippen molar-refractivity contribution >= 4 is 0 Å². The van der Waals surface area contributed by atoms with Crippen LogP contribution in [0.25, 0.3) is 0 Å². The molecule has 2 nitrogen and oxygen atoms in total. The number of methoxy groups -OCH3 is 1. The maximum atomic E-state index is 5.46. The van der Waals surface area contributed by atoms with Gasteiger partial charge in [0, 0.05) is 18.2 Å². The van der Waals surface area contributed by atoms with Gasteiger partial charge in [-0.25, -0.2) is 0 Å². The van der Waals surface area contributed by atoms with E-state index in [0.717, 1.165) is 18.7 Å². The minimum absolute atomic E-state index is 0.560. The van der Waals surface area contributed by atoms with Crippen molar-refractivity contribution in [2.24, 2.45) is 0 Å². The zero-order chi connectivity index (χ0) is 14.7. The van der Waals surface area contributed by atoms with Gasteiger partial charge in [0.2, 0.25) is 0 Å². The SMILES string of the molecule is COc1ccc(C)cc1CNC1CCc2ccccc2C1. The zero-order valence-corrected chi connectivity index (χ0v) is 12.9. The first kappa shape index (κ1) is 14.2. The predicted molar refractivity (Wildman–Crippen MR) is 86.8 cm³/mol. The van der Waals surface area contributed by atoms with E-state index in [1.165, 1.54) is 35.1 Å². The van der Waals surface area contributed by atoms with Gasteiger partial charge in [-0.15, -0.1) is 0 Å². The number of benzene rings is 2. The fourth-order valence-corrected chi connectivity index (χ4v) is 3.17. The molecule has 0 bridgehead atoms. The van der Waals surface area contributed by atoms with Crippen molar-refractivity contribution < 1.29 is 4.74 Å². The molecular weight excluding hydrogens is 258 g/mol. The summed E-state index contributed by atoms with van der Waals surface area (Å²) < 4.78 is 5.46. The summed E-state index contributed by atoms with van der Waals surface area (Å²) >= 11 is 0. The summed E-state index contributed by atoms with van der Waals surface area (Å²) in [5, 5.41) is 3.70. The monoisotopic (exact) mass is 281 g/mol. The van der Waals surface area contributed by atoms with E-state index in [0.29, 0.717) is 6.04 Å². The van der Waals surface area contributed by atoms with Gasteiger partial charge < -0.3 is 10.1 Å². The largest absolute Gasteiger partial charge is 0.496 e. The maximum absolute atomic E-state index is 5.46. The van der Waals surface area contributed by atoms with Crippen LogP contribution in [0.5, 0.6) is 5.75 Å². The second-order valence-corrected chi connectivity index (χ2v) is 5.90. The van der Waals surface area contributed by atoms with Crippen LogP contribution in [0.1, 0.15) is 28.7 Å². The van der Waals surface area contributed by atoms with Crippen molar-refractivity contribution in [1.82, 2.24) is 5.32 Å². The van der Waals surface area contributed by atoms with Crippen LogP contribution in [0.2, 0.25) is 0 Å². The van der Waals surface area contributed by atoms with E-state index in [1.807, 2.05) is 0 Å². The topological polar surface area (TPSA) is 21.3 Å². The minimum Gasteiger partial charge on any atom is -0.496 e. The smallest absolute Gasteiger partial charge is 0.123 e. The standard InChI is InChI=1S/C19H23NO/c1-14-7-10-19(21-2)17(11-14)13-20-18-9-8-15-5-3-4-6-16(15)12-18/h3-7,10-11,18,20H,8-9,12-13H2,1-2H3. The van der Waals surface area contributed by atoms with Crippen LogP contribution >= 0.6 is 0 Å². The Balaban J connectivity index is 1.65. The van der Waals surface area contributed by atoms with Gasteiger partial charge in [0.25, 0.3) is 0 Å². The molecule has 1 unspecified atom stereocenters. The second-order valence-electron chi connectivity index (χ2n) is 5.90. The van der Waals surface area contributed by atoms with Crippen LogP contribution in [-0.4, -0.2) is 13.2 Å². The molecule has 2 aromatic carbocycles. The molecular formula is C19H23NO. The lowest BCUT2D eigenvalue weighted by Gasteiger charge is -2.26. The summed E-state index contributed by atoms with van der Waals surface area (Å²) in [5.74, 6) is 0.976. The van der Waals surface area contributed by atoms with E-state index >= 15 is 0 Å². The van der Waals surface area contributed by atoms with Gasteiger partial charge in [-0.3, -0.25) is 0 Å². The van der Waals surface area contributed by atoms with Gasteiger partial charge in [-0.2, -0.15) is 0 Å². The third-order valence-electron chi connectivity index (χ3n) is 4.36. The van der Waals surface area contributed by atoms with Crippen LogP contribution in [0, 0.1) is 6.92 Å². The molecule has 1 aliphatic rings. The van der Waals surface area contributed by atoms with Crippen molar-refractivity contribution in [3.05, 3.63) is 64.7 Å². The Morgan fingerprint density at radius 3 is 2.76 bits per heavy atom. The van der Waals surface area contributed by atoms with E-state index in [4.69, 9.17) is 4.74 Å². The number of rotatable bonds is 4. The van der Waals surface area contributed by atoms with Gasteiger partial charge in [-0.05, 0) is 43.4 Å². The molecule has 0 radical (unpaired) electrons. The van der Waals surface area contributed by atoms with Gasteiger partial charge in [-0.1, -0.05) is 42.0 Å². The maximum Gasteiger partial charge on any atom is 0.123 e. The number of ether oxygens (including phenoxy) is 1. The summed E-state index contributed by atoms with van der Waals surface area (Å²) in [6.07, 6.45) is 3.52. The molecule has 0 aromatic heterocycles. The molecule has 0 fully saturated rings. The van der Waals surface area contributed by atoms with Crippen LogP contribution in [-0.2, 0) is 19.4 Å². The Morgan fingerprint density at radius 1 is 1.14 bits per heavy atom. The molecule has 0 amide bonds. The van der Waals surface area contributed by atoms with Crippen molar-refractivity contribution in [3.8, 4) is 5.75 Å². The minimum atomic E-state index is 0.560. The highest BCUT2D eigenvalue weighted by Gasteiger charge is 2.18. The Kier molecular flexibility index (Phi) is 4.26. The van der Waals surface area contributed by atoms with Gasteiger partial charge in [0.05, 0.1) is 7.11 Å². The second kappa shape index (κ2) is 6.31. The first-order valence-electron chi connectivity index (χ1n) is 7.70. The quantitative estimate of drug-likeness (QED) is 0.923. The lowest BCUT2D eigenvalue weighted by Crippen LogP contribution is -2.34. The Morgan fingerprint density at radius 2 is 1.95 bits per heavy atom. The number of hydrogen-bond donors (Lipinski definition) is 1. The fraction of sp³-hybridized carbons (Fsp3) is 0.368. The third-order valence-corrected chi connectivity index (χ3v) is 4.36. The molecule has 3 rings (SSSR count). The molecule has 0 spiro atoms. The molecule has 2 heteroatoms. The van der Waals surface area contributed by atoms with Crippen molar-refractivity contribution in [2.75, 3.05) is 7.11 Å². The Hall–Kier alpha value is -1.80. The molecule has 1 aliphatic carbocycles. The molecule has 1 atom stereocenters. The summed E-state index contributed by atoms with van der Waals surface area (Å²) in [5.41, 5.74) is 5.54. The van der Waals surface area contributed by atoms with E-state index in [1.54, 1.807) is 7.11 Å².